The van der Waals surface area contributed by atoms with Crippen molar-refractivity contribution in [1.82, 2.24) is 9.29 Å². The molecule has 1 aromatic carbocycles. The summed E-state index contributed by atoms with van der Waals surface area (Å²) in [4.78, 5) is 3.95. The van der Waals surface area contributed by atoms with Crippen LogP contribution in [0.3, 0.4) is 0 Å². The summed E-state index contributed by atoms with van der Waals surface area (Å²) in [6, 6.07) is 7.69. The summed E-state index contributed by atoms with van der Waals surface area (Å²) in [5, 5.41) is 0. The van der Waals surface area contributed by atoms with Gasteiger partial charge in [-0.3, -0.25) is 4.98 Å². The van der Waals surface area contributed by atoms with E-state index >= 15 is 0 Å². The number of halogens is 3. The van der Waals surface area contributed by atoms with E-state index in [0.29, 0.717) is 18.6 Å². The molecule has 2 aliphatic heterocycles. The maximum absolute atomic E-state index is 13.0. The molecule has 156 valence electrons. The Hall–Kier alpha value is -2.13. The van der Waals surface area contributed by atoms with E-state index in [4.69, 9.17) is 4.74 Å². The van der Waals surface area contributed by atoms with Gasteiger partial charge >= 0.3 is 6.18 Å². The van der Waals surface area contributed by atoms with E-state index < -0.39 is 27.5 Å². The van der Waals surface area contributed by atoms with Gasteiger partial charge in [-0.25, -0.2) is 8.42 Å². The molecule has 3 heterocycles. The Balaban J connectivity index is 1.47. The number of fused-ring (bicyclic) bond motifs is 2. The van der Waals surface area contributed by atoms with E-state index in [1.165, 1.54) is 16.4 Å². The zero-order valence-corrected chi connectivity index (χ0v) is 16.4. The first kappa shape index (κ1) is 20.2. The molecular weight excluding hydrogens is 405 g/mol. The maximum Gasteiger partial charge on any atom is 0.416 e. The third-order valence-corrected chi connectivity index (χ3v) is 7.44. The molecule has 2 fully saturated rings. The lowest BCUT2D eigenvalue weighted by Crippen LogP contribution is -2.49. The van der Waals surface area contributed by atoms with Gasteiger partial charge in [0.15, 0.2) is 0 Å². The van der Waals surface area contributed by atoms with Crippen LogP contribution in [0.4, 0.5) is 13.2 Å². The molecule has 9 heteroatoms. The minimum atomic E-state index is -4.50. The second kappa shape index (κ2) is 7.60. The summed E-state index contributed by atoms with van der Waals surface area (Å²) >= 11 is 0. The number of sulfonamides is 1. The SMILES string of the molecule is O=S(=O)(Cc1cccc(C(F)(F)F)c1)N1C2CCC1CC(Oc1ccncc1)C2. The minimum Gasteiger partial charge on any atom is -0.490 e. The Labute approximate surface area is 167 Å². The van der Waals surface area contributed by atoms with Crippen molar-refractivity contribution in [1.29, 1.82) is 0 Å². The molecule has 2 aromatic rings. The highest BCUT2D eigenvalue weighted by molar-refractivity contribution is 7.88. The molecule has 0 saturated carbocycles. The molecular formula is C20H21F3N2O3S. The van der Waals surface area contributed by atoms with Gasteiger partial charge in [-0.05, 0) is 36.6 Å². The van der Waals surface area contributed by atoms with E-state index in [2.05, 4.69) is 4.98 Å². The van der Waals surface area contributed by atoms with Gasteiger partial charge in [0.05, 0.1) is 11.3 Å². The number of benzene rings is 1. The molecule has 0 N–H and O–H groups in total. The van der Waals surface area contributed by atoms with Crippen LogP contribution in [0.5, 0.6) is 5.75 Å². The number of hydrogen-bond acceptors (Lipinski definition) is 4. The Morgan fingerprint density at radius 1 is 1.07 bits per heavy atom. The molecule has 29 heavy (non-hydrogen) atoms. The Kier molecular flexibility index (Phi) is 5.29. The molecule has 1 aromatic heterocycles. The molecule has 0 aliphatic carbocycles. The zero-order valence-electron chi connectivity index (χ0n) is 15.5. The summed E-state index contributed by atoms with van der Waals surface area (Å²) in [7, 11) is -3.73. The van der Waals surface area contributed by atoms with Crippen molar-refractivity contribution in [2.75, 3.05) is 0 Å². The highest BCUT2D eigenvalue weighted by atomic mass is 32.2. The van der Waals surface area contributed by atoms with Crippen LogP contribution >= 0.6 is 0 Å². The van der Waals surface area contributed by atoms with Crippen molar-refractivity contribution in [2.24, 2.45) is 0 Å². The number of rotatable bonds is 5. The van der Waals surface area contributed by atoms with Gasteiger partial charge in [0.1, 0.15) is 11.9 Å². The van der Waals surface area contributed by atoms with Gasteiger partial charge in [-0.2, -0.15) is 17.5 Å². The van der Waals surface area contributed by atoms with Gasteiger partial charge < -0.3 is 4.74 Å². The van der Waals surface area contributed by atoms with Crippen LogP contribution in [0, 0.1) is 0 Å². The van der Waals surface area contributed by atoms with Crippen molar-refractivity contribution in [3.63, 3.8) is 0 Å². The average molecular weight is 426 g/mol. The van der Waals surface area contributed by atoms with E-state index in [-0.39, 0.29) is 23.8 Å². The van der Waals surface area contributed by atoms with Crippen LogP contribution < -0.4 is 4.74 Å². The fourth-order valence-corrected chi connectivity index (χ4v) is 6.41. The third kappa shape index (κ3) is 4.40. The molecule has 2 atom stereocenters. The monoisotopic (exact) mass is 426 g/mol. The number of aromatic nitrogens is 1. The molecule has 0 spiro atoms. The van der Waals surface area contributed by atoms with Crippen LogP contribution in [0.25, 0.3) is 0 Å². The van der Waals surface area contributed by atoms with Gasteiger partial charge in [0, 0.05) is 37.3 Å². The maximum atomic E-state index is 13.0. The normalized spacial score (nSPS) is 25.1. The number of hydrogen-bond donors (Lipinski definition) is 0. The summed E-state index contributed by atoms with van der Waals surface area (Å²) in [5.41, 5.74) is -0.688. The second-order valence-corrected chi connectivity index (χ2v) is 9.44. The summed E-state index contributed by atoms with van der Waals surface area (Å²) in [5.74, 6) is 0.268. The van der Waals surface area contributed by atoms with Gasteiger partial charge in [-0.15, -0.1) is 0 Å². The number of alkyl halides is 3. The highest BCUT2D eigenvalue weighted by Crippen LogP contribution is 2.40. The molecule has 4 rings (SSSR count). The molecule has 5 nitrogen and oxygen atoms in total. The largest absolute Gasteiger partial charge is 0.490 e. The predicted molar refractivity (Wildman–Crippen MR) is 101 cm³/mol. The highest BCUT2D eigenvalue weighted by Gasteiger charge is 2.47. The summed E-state index contributed by atoms with van der Waals surface area (Å²) < 4.78 is 72.4. The van der Waals surface area contributed by atoms with Crippen molar-refractivity contribution >= 4 is 10.0 Å². The Morgan fingerprint density at radius 2 is 1.72 bits per heavy atom. The lowest BCUT2D eigenvalue weighted by atomic mass is 10.0. The minimum absolute atomic E-state index is 0.0880. The Morgan fingerprint density at radius 3 is 2.34 bits per heavy atom. The zero-order chi connectivity index (χ0) is 20.6. The summed E-state index contributed by atoms with van der Waals surface area (Å²) in [6.07, 6.45) is 1.31. The van der Waals surface area contributed by atoms with E-state index in [1.54, 1.807) is 24.5 Å². The van der Waals surface area contributed by atoms with Crippen LogP contribution in [-0.4, -0.2) is 35.9 Å². The van der Waals surface area contributed by atoms with E-state index in [9.17, 15) is 21.6 Å². The number of nitrogens with zero attached hydrogens (tertiary/aromatic N) is 2. The lowest BCUT2D eigenvalue weighted by molar-refractivity contribution is -0.137. The quantitative estimate of drug-likeness (QED) is 0.725. The van der Waals surface area contributed by atoms with Gasteiger partial charge in [0.25, 0.3) is 0 Å². The van der Waals surface area contributed by atoms with Crippen molar-refractivity contribution in [3.05, 3.63) is 59.9 Å². The Bertz CT molecular complexity index is 952. The van der Waals surface area contributed by atoms with Gasteiger partial charge in [-0.1, -0.05) is 18.2 Å². The first-order valence-corrected chi connectivity index (χ1v) is 11.1. The predicted octanol–water partition coefficient (Wildman–Crippen LogP) is 4.00. The van der Waals surface area contributed by atoms with Crippen LogP contribution in [0.1, 0.15) is 36.8 Å². The fraction of sp³-hybridized carbons (Fsp3) is 0.450. The van der Waals surface area contributed by atoms with Crippen molar-refractivity contribution < 1.29 is 26.3 Å². The van der Waals surface area contributed by atoms with Crippen molar-refractivity contribution in [2.45, 2.75) is 55.8 Å². The summed E-state index contributed by atoms with van der Waals surface area (Å²) in [6.45, 7) is 0. The first-order chi connectivity index (χ1) is 13.7. The average Bonchev–Trinajstić information content (AvgIpc) is 2.94. The standard InChI is InChI=1S/C20H21F3N2O3S/c21-20(22,23)15-3-1-2-14(10-15)13-29(26,27)25-16-4-5-17(25)12-19(11-16)28-18-6-8-24-9-7-18/h1-3,6-10,16-17,19H,4-5,11-13H2. The van der Waals surface area contributed by atoms with E-state index in [1.807, 2.05) is 0 Å². The number of pyridine rings is 1. The third-order valence-electron chi connectivity index (χ3n) is 5.50. The van der Waals surface area contributed by atoms with Crippen molar-refractivity contribution in [3.8, 4) is 5.75 Å². The lowest BCUT2D eigenvalue weighted by Gasteiger charge is -2.37. The van der Waals surface area contributed by atoms with Crippen LogP contribution in [-0.2, 0) is 22.0 Å². The number of ether oxygens (including phenoxy) is 1. The second-order valence-electron chi connectivity index (χ2n) is 7.56. The van der Waals surface area contributed by atoms with Crippen LogP contribution in [0.2, 0.25) is 0 Å². The smallest absolute Gasteiger partial charge is 0.416 e. The fourth-order valence-electron chi connectivity index (χ4n) is 4.37. The molecule has 2 unspecified atom stereocenters. The number of piperidine rings is 1. The molecule has 0 amide bonds. The molecule has 2 saturated heterocycles. The topological polar surface area (TPSA) is 59.5 Å². The van der Waals surface area contributed by atoms with E-state index in [0.717, 1.165) is 25.0 Å². The molecule has 2 bridgehead atoms. The van der Waals surface area contributed by atoms with Crippen LogP contribution in [0.15, 0.2) is 48.8 Å². The molecule has 0 radical (unpaired) electrons. The first-order valence-electron chi connectivity index (χ1n) is 9.46. The molecule has 2 aliphatic rings. The van der Waals surface area contributed by atoms with Gasteiger partial charge in [0.2, 0.25) is 10.0 Å².